The third-order valence-corrected chi connectivity index (χ3v) is 3.98. The number of nitrogens with zero attached hydrogens (tertiary/aromatic N) is 1. The second-order valence-electron chi connectivity index (χ2n) is 4.67. The zero-order chi connectivity index (χ0) is 13.2. The predicted octanol–water partition coefficient (Wildman–Crippen LogP) is 2.11. The molecule has 0 spiro atoms. The largest absolute Gasteiger partial charge is 0.467 e. The summed E-state index contributed by atoms with van der Waals surface area (Å²) in [5, 5.41) is 3.34. The highest BCUT2D eigenvalue weighted by Crippen LogP contribution is 2.30. The Morgan fingerprint density at radius 2 is 2.22 bits per heavy atom. The second-order valence-corrected chi connectivity index (χ2v) is 5.52. The molecule has 2 rings (SSSR count). The standard InChI is InChI=1S/C13H17BrN2O2/c1-16-8-7-13(9-16,12(17)18-2)15-11-6-4-3-5-10(11)14/h3-6,15H,7-9H2,1-2H3. The van der Waals surface area contributed by atoms with E-state index in [1.807, 2.05) is 31.3 Å². The third kappa shape index (κ3) is 2.52. The fourth-order valence-corrected chi connectivity index (χ4v) is 2.72. The molecule has 5 heteroatoms. The van der Waals surface area contributed by atoms with Crippen molar-refractivity contribution < 1.29 is 9.53 Å². The Bertz CT molecular complexity index is 452. The maximum absolute atomic E-state index is 12.1. The van der Waals surface area contributed by atoms with E-state index in [-0.39, 0.29) is 5.97 Å². The number of hydrogen-bond donors (Lipinski definition) is 1. The van der Waals surface area contributed by atoms with Crippen molar-refractivity contribution in [2.75, 3.05) is 32.6 Å². The van der Waals surface area contributed by atoms with Gasteiger partial charge in [0.25, 0.3) is 0 Å². The normalized spacial score (nSPS) is 23.9. The molecule has 0 saturated carbocycles. The van der Waals surface area contributed by atoms with Gasteiger partial charge in [-0.25, -0.2) is 4.79 Å². The average molecular weight is 313 g/mol. The lowest BCUT2D eigenvalue weighted by atomic mass is 9.98. The molecule has 1 atom stereocenters. The number of halogens is 1. The maximum Gasteiger partial charge on any atom is 0.332 e. The number of para-hydroxylation sites is 1. The van der Waals surface area contributed by atoms with Crippen LogP contribution in [0, 0.1) is 0 Å². The molecule has 98 valence electrons. The highest BCUT2D eigenvalue weighted by molar-refractivity contribution is 9.10. The average Bonchev–Trinajstić information content (AvgIpc) is 2.74. The van der Waals surface area contributed by atoms with Gasteiger partial charge in [0.1, 0.15) is 5.54 Å². The predicted molar refractivity (Wildman–Crippen MR) is 74.6 cm³/mol. The molecule has 1 N–H and O–H groups in total. The number of carbonyl (C=O) groups is 1. The van der Waals surface area contributed by atoms with Gasteiger partial charge in [-0.15, -0.1) is 0 Å². The van der Waals surface area contributed by atoms with E-state index in [1.54, 1.807) is 0 Å². The molecule has 1 unspecified atom stereocenters. The van der Waals surface area contributed by atoms with E-state index in [1.165, 1.54) is 7.11 Å². The molecule has 0 radical (unpaired) electrons. The molecule has 0 amide bonds. The zero-order valence-corrected chi connectivity index (χ0v) is 12.2. The number of rotatable bonds is 3. The van der Waals surface area contributed by atoms with Crippen LogP contribution in [0.25, 0.3) is 0 Å². The van der Waals surface area contributed by atoms with Gasteiger partial charge in [0, 0.05) is 23.2 Å². The lowest BCUT2D eigenvalue weighted by molar-refractivity contribution is -0.145. The molecule has 4 nitrogen and oxygen atoms in total. The molecule has 1 aliphatic rings. The van der Waals surface area contributed by atoms with Crippen molar-refractivity contribution in [1.82, 2.24) is 4.90 Å². The van der Waals surface area contributed by atoms with Crippen molar-refractivity contribution in [3.8, 4) is 0 Å². The Balaban J connectivity index is 2.27. The van der Waals surface area contributed by atoms with E-state index in [0.29, 0.717) is 6.54 Å². The van der Waals surface area contributed by atoms with Crippen LogP contribution in [0.2, 0.25) is 0 Å². The summed E-state index contributed by atoms with van der Waals surface area (Å²) in [6, 6.07) is 7.79. The summed E-state index contributed by atoms with van der Waals surface area (Å²) < 4.78 is 5.90. The van der Waals surface area contributed by atoms with Crippen molar-refractivity contribution in [1.29, 1.82) is 0 Å². The number of carbonyl (C=O) groups excluding carboxylic acids is 1. The molecule has 1 saturated heterocycles. The fourth-order valence-electron chi connectivity index (χ4n) is 2.34. The third-order valence-electron chi connectivity index (χ3n) is 3.28. The maximum atomic E-state index is 12.1. The van der Waals surface area contributed by atoms with Crippen molar-refractivity contribution in [2.24, 2.45) is 0 Å². The first-order valence-electron chi connectivity index (χ1n) is 5.87. The van der Waals surface area contributed by atoms with E-state index >= 15 is 0 Å². The number of ether oxygens (including phenoxy) is 1. The van der Waals surface area contributed by atoms with E-state index < -0.39 is 5.54 Å². The molecule has 1 heterocycles. The Morgan fingerprint density at radius 3 is 2.78 bits per heavy atom. The van der Waals surface area contributed by atoms with Gasteiger partial charge in [0.05, 0.1) is 7.11 Å². The number of likely N-dealkylation sites (tertiary alicyclic amines) is 1. The van der Waals surface area contributed by atoms with E-state index in [4.69, 9.17) is 4.74 Å². The van der Waals surface area contributed by atoms with Crippen molar-refractivity contribution >= 4 is 27.6 Å². The van der Waals surface area contributed by atoms with Crippen LogP contribution in [0.4, 0.5) is 5.69 Å². The van der Waals surface area contributed by atoms with E-state index in [0.717, 1.165) is 23.1 Å². The Labute approximate surface area is 115 Å². The topological polar surface area (TPSA) is 41.6 Å². The summed E-state index contributed by atoms with van der Waals surface area (Å²) in [4.78, 5) is 14.2. The first-order chi connectivity index (χ1) is 8.57. The SMILES string of the molecule is COC(=O)C1(Nc2ccccc2Br)CCN(C)C1. The summed E-state index contributed by atoms with van der Waals surface area (Å²) in [5.74, 6) is -0.206. The van der Waals surface area contributed by atoms with Gasteiger partial charge in [0.15, 0.2) is 0 Å². The van der Waals surface area contributed by atoms with Crippen LogP contribution in [0.5, 0.6) is 0 Å². The Hall–Kier alpha value is -1.07. The van der Waals surface area contributed by atoms with Crippen LogP contribution in [-0.2, 0) is 9.53 Å². The van der Waals surface area contributed by atoms with Gasteiger partial charge in [-0.2, -0.15) is 0 Å². The quantitative estimate of drug-likeness (QED) is 0.868. The highest BCUT2D eigenvalue weighted by Gasteiger charge is 2.44. The lowest BCUT2D eigenvalue weighted by Gasteiger charge is -2.28. The van der Waals surface area contributed by atoms with E-state index in [9.17, 15) is 4.79 Å². The first-order valence-corrected chi connectivity index (χ1v) is 6.66. The van der Waals surface area contributed by atoms with Gasteiger partial charge in [-0.3, -0.25) is 0 Å². The molecular weight excluding hydrogens is 296 g/mol. The molecule has 1 aliphatic heterocycles. The molecule has 0 aromatic heterocycles. The van der Waals surface area contributed by atoms with Crippen molar-refractivity contribution in [2.45, 2.75) is 12.0 Å². The number of hydrogen-bond acceptors (Lipinski definition) is 4. The Morgan fingerprint density at radius 1 is 1.50 bits per heavy atom. The highest BCUT2D eigenvalue weighted by atomic mass is 79.9. The van der Waals surface area contributed by atoms with Gasteiger partial charge in [-0.05, 0) is 41.5 Å². The van der Waals surface area contributed by atoms with Crippen molar-refractivity contribution in [3.63, 3.8) is 0 Å². The molecule has 0 bridgehead atoms. The lowest BCUT2D eigenvalue weighted by Crippen LogP contribution is -2.49. The second kappa shape index (κ2) is 5.28. The summed E-state index contributed by atoms with van der Waals surface area (Å²) in [7, 11) is 3.44. The number of likely N-dealkylation sites (N-methyl/N-ethyl adjacent to an activating group) is 1. The number of methoxy groups -OCH3 is 1. The first kappa shape index (κ1) is 13.4. The minimum atomic E-state index is -0.645. The molecule has 0 aliphatic carbocycles. The van der Waals surface area contributed by atoms with Crippen LogP contribution in [0.15, 0.2) is 28.7 Å². The molecular formula is C13H17BrN2O2. The van der Waals surface area contributed by atoms with E-state index in [2.05, 4.69) is 26.1 Å². The zero-order valence-electron chi connectivity index (χ0n) is 10.6. The minimum Gasteiger partial charge on any atom is -0.467 e. The smallest absolute Gasteiger partial charge is 0.332 e. The molecule has 1 aromatic rings. The van der Waals surface area contributed by atoms with Crippen LogP contribution in [0.3, 0.4) is 0 Å². The molecule has 18 heavy (non-hydrogen) atoms. The van der Waals surface area contributed by atoms with Gasteiger partial charge in [-0.1, -0.05) is 12.1 Å². The summed E-state index contributed by atoms with van der Waals surface area (Å²) in [6.07, 6.45) is 0.748. The summed E-state index contributed by atoms with van der Waals surface area (Å²) in [5.41, 5.74) is 0.270. The van der Waals surface area contributed by atoms with Gasteiger partial charge < -0.3 is 15.0 Å². The minimum absolute atomic E-state index is 0.206. The number of esters is 1. The Kier molecular flexibility index (Phi) is 3.92. The van der Waals surface area contributed by atoms with Crippen LogP contribution >= 0.6 is 15.9 Å². The summed E-state index contributed by atoms with van der Waals surface area (Å²) >= 11 is 3.49. The fraction of sp³-hybridized carbons (Fsp3) is 0.462. The van der Waals surface area contributed by atoms with Gasteiger partial charge >= 0.3 is 5.97 Å². The number of benzene rings is 1. The van der Waals surface area contributed by atoms with Gasteiger partial charge in [0.2, 0.25) is 0 Å². The summed E-state index contributed by atoms with van der Waals surface area (Å²) in [6.45, 7) is 1.54. The van der Waals surface area contributed by atoms with Crippen LogP contribution < -0.4 is 5.32 Å². The van der Waals surface area contributed by atoms with Crippen molar-refractivity contribution in [3.05, 3.63) is 28.7 Å². The van der Waals surface area contributed by atoms with Crippen LogP contribution in [0.1, 0.15) is 6.42 Å². The van der Waals surface area contributed by atoms with Crippen LogP contribution in [-0.4, -0.2) is 43.7 Å². The molecule has 1 aromatic carbocycles. The monoisotopic (exact) mass is 312 g/mol. The number of nitrogens with one attached hydrogen (secondary N) is 1. The number of anilines is 1. The molecule has 1 fully saturated rings.